The number of fused-ring (bicyclic) bond motifs is 1. The fourth-order valence-corrected chi connectivity index (χ4v) is 1.68. The van der Waals surface area contributed by atoms with Crippen LogP contribution < -0.4 is 9.64 Å². The molecule has 0 saturated carbocycles. The van der Waals surface area contributed by atoms with Crippen molar-refractivity contribution in [1.82, 2.24) is 0 Å². The second-order valence-electron chi connectivity index (χ2n) is 3.56. The number of aliphatic carboxylic acids is 1. The second-order valence-corrected chi connectivity index (χ2v) is 3.56. The molecule has 5 heteroatoms. The summed E-state index contributed by atoms with van der Waals surface area (Å²) in [7, 11) is 1.87. The van der Waals surface area contributed by atoms with Gasteiger partial charge in [0.25, 0.3) is 5.78 Å². The predicted octanol–water partition coefficient (Wildman–Crippen LogP) is 0.782. The lowest BCUT2D eigenvalue weighted by atomic mass is 10.1. The van der Waals surface area contributed by atoms with Gasteiger partial charge in [-0.05, 0) is 12.1 Å². The summed E-state index contributed by atoms with van der Waals surface area (Å²) in [6, 6.07) is 4.92. The van der Waals surface area contributed by atoms with Crippen molar-refractivity contribution in [1.29, 1.82) is 0 Å². The van der Waals surface area contributed by atoms with Gasteiger partial charge in [0.05, 0.1) is 17.8 Å². The van der Waals surface area contributed by atoms with Gasteiger partial charge in [0.2, 0.25) is 0 Å². The maximum atomic E-state index is 11.4. The average molecular weight is 221 g/mol. The molecule has 0 fully saturated rings. The number of benzene rings is 1. The summed E-state index contributed by atoms with van der Waals surface area (Å²) in [5.74, 6) is -2.04. The number of anilines is 1. The number of rotatable bonds is 2. The van der Waals surface area contributed by atoms with E-state index in [-0.39, 0.29) is 5.56 Å². The Morgan fingerprint density at radius 1 is 1.44 bits per heavy atom. The molecular formula is C11H11NO4. The van der Waals surface area contributed by atoms with Gasteiger partial charge in [-0.1, -0.05) is 6.07 Å². The maximum Gasteiger partial charge on any atom is 0.377 e. The van der Waals surface area contributed by atoms with Crippen molar-refractivity contribution in [3.8, 4) is 5.75 Å². The van der Waals surface area contributed by atoms with E-state index in [0.717, 1.165) is 12.2 Å². The van der Waals surface area contributed by atoms with Crippen molar-refractivity contribution in [2.24, 2.45) is 0 Å². The molecule has 16 heavy (non-hydrogen) atoms. The number of carboxylic acid groups (broad SMARTS) is 1. The first kappa shape index (κ1) is 10.5. The minimum absolute atomic E-state index is 0.108. The SMILES string of the molecule is CN1CCOc2c(C(=O)C(=O)O)cccc21. The molecular weight excluding hydrogens is 210 g/mol. The molecule has 0 radical (unpaired) electrons. The third-order valence-corrected chi connectivity index (χ3v) is 2.52. The number of carbonyl (C=O) groups is 2. The van der Waals surface area contributed by atoms with Crippen molar-refractivity contribution < 1.29 is 19.4 Å². The fourth-order valence-electron chi connectivity index (χ4n) is 1.68. The number of ether oxygens (including phenoxy) is 1. The Labute approximate surface area is 92.2 Å². The number of carboxylic acids is 1. The minimum atomic E-state index is -1.47. The van der Waals surface area contributed by atoms with E-state index in [1.165, 1.54) is 6.07 Å². The molecule has 0 saturated heterocycles. The number of carbonyl (C=O) groups excluding carboxylic acids is 1. The van der Waals surface area contributed by atoms with Crippen molar-refractivity contribution in [2.75, 3.05) is 25.1 Å². The molecule has 1 heterocycles. The average Bonchev–Trinajstić information content (AvgIpc) is 2.28. The Hall–Kier alpha value is -2.04. The van der Waals surface area contributed by atoms with E-state index in [4.69, 9.17) is 9.84 Å². The van der Waals surface area contributed by atoms with Gasteiger partial charge in [0, 0.05) is 7.05 Å². The molecule has 2 rings (SSSR count). The summed E-state index contributed by atoms with van der Waals surface area (Å²) in [6.45, 7) is 1.17. The molecule has 84 valence electrons. The van der Waals surface area contributed by atoms with Gasteiger partial charge in [0.15, 0.2) is 5.75 Å². The Kier molecular flexibility index (Phi) is 2.52. The first-order chi connectivity index (χ1) is 7.61. The number of hydrogen-bond acceptors (Lipinski definition) is 4. The molecule has 0 aromatic heterocycles. The highest BCUT2D eigenvalue weighted by atomic mass is 16.5. The zero-order chi connectivity index (χ0) is 11.7. The van der Waals surface area contributed by atoms with Crippen LogP contribution in [0.2, 0.25) is 0 Å². The molecule has 1 aromatic rings. The van der Waals surface area contributed by atoms with Gasteiger partial charge in [-0.2, -0.15) is 0 Å². The van der Waals surface area contributed by atoms with Gasteiger partial charge in [0.1, 0.15) is 6.61 Å². The second kappa shape index (κ2) is 3.84. The zero-order valence-electron chi connectivity index (χ0n) is 8.77. The summed E-state index contributed by atoms with van der Waals surface area (Å²) < 4.78 is 5.37. The van der Waals surface area contributed by atoms with Crippen LogP contribution in [0.4, 0.5) is 5.69 Å². The van der Waals surface area contributed by atoms with Crippen LogP contribution in [-0.2, 0) is 4.79 Å². The molecule has 0 amide bonds. The number of nitrogens with zero attached hydrogens (tertiary/aromatic N) is 1. The summed E-state index contributed by atoms with van der Waals surface area (Å²) in [5, 5.41) is 8.68. The van der Waals surface area contributed by atoms with Crippen LogP contribution in [0.15, 0.2) is 18.2 Å². The van der Waals surface area contributed by atoms with E-state index in [0.29, 0.717) is 12.4 Å². The Bertz CT molecular complexity index is 455. The van der Waals surface area contributed by atoms with Crippen molar-refractivity contribution in [3.05, 3.63) is 23.8 Å². The molecule has 0 aliphatic carbocycles. The lowest BCUT2D eigenvalue weighted by Crippen LogP contribution is -2.30. The molecule has 1 aromatic carbocycles. The quantitative estimate of drug-likeness (QED) is 0.590. The molecule has 1 N–H and O–H groups in total. The zero-order valence-corrected chi connectivity index (χ0v) is 8.77. The molecule has 1 aliphatic heterocycles. The molecule has 0 unspecified atom stereocenters. The summed E-state index contributed by atoms with van der Waals surface area (Å²) in [4.78, 5) is 24.0. The van der Waals surface area contributed by atoms with Crippen molar-refractivity contribution >= 4 is 17.4 Å². The van der Waals surface area contributed by atoms with Gasteiger partial charge in [-0.25, -0.2) is 4.79 Å². The smallest absolute Gasteiger partial charge is 0.377 e. The van der Waals surface area contributed by atoms with E-state index in [1.807, 2.05) is 11.9 Å². The first-order valence-electron chi connectivity index (χ1n) is 4.86. The molecule has 5 nitrogen and oxygen atoms in total. The van der Waals surface area contributed by atoms with Crippen LogP contribution in [0, 0.1) is 0 Å². The fraction of sp³-hybridized carbons (Fsp3) is 0.273. The van der Waals surface area contributed by atoms with Crippen LogP contribution in [0.3, 0.4) is 0 Å². The van der Waals surface area contributed by atoms with Crippen molar-refractivity contribution in [3.63, 3.8) is 0 Å². The molecule has 0 atom stereocenters. The Balaban J connectivity index is 2.52. The number of ketones is 1. The summed E-state index contributed by atoms with van der Waals surface area (Å²) >= 11 is 0. The van der Waals surface area contributed by atoms with Crippen molar-refractivity contribution in [2.45, 2.75) is 0 Å². The monoisotopic (exact) mass is 221 g/mol. The highest BCUT2D eigenvalue weighted by Gasteiger charge is 2.25. The molecule has 0 bridgehead atoms. The number of hydrogen-bond donors (Lipinski definition) is 1. The van der Waals surface area contributed by atoms with Crippen LogP contribution >= 0.6 is 0 Å². The van der Waals surface area contributed by atoms with E-state index >= 15 is 0 Å². The predicted molar refractivity (Wildman–Crippen MR) is 57.2 cm³/mol. The van der Waals surface area contributed by atoms with E-state index < -0.39 is 11.8 Å². The summed E-state index contributed by atoms with van der Waals surface area (Å²) in [5.41, 5.74) is 0.856. The van der Waals surface area contributed by atoms with Gasteiger partial charge < -0.3 is 14.7 Å². The first-order valence-corrected chi connectivity index (χ1v) is 4.86. The highest BCUT2D eigenvalue weighted by molar-refractivity contribution is 6.40. The van der Waals surface area contributed by atoms with Crippen LogP contribution in [0.25, 0.3) is 0 Å². The third kappa shape index (κ3) is 1.60. The summed E-state index contributed by atoms with van der Waals surface area (Å²) in [6.07, 6.45) is 0. The van der Waals surface area contributed by atoms with Gasteiger partial charge in [-0.3, -0.25) is 4.79 Å². The van der Waals surface area contributed by atoms with Crippen LogP contribution in [0.5, 0.6) is 5.75 Å². The maximum absolute atomic E-state index is 11.4. The topological polar surface area (TPSA) is 66.8 Å². The number of Topliss-reactive ketones (excluding diaryl/α,β-unsaturated/α-hetero) is 1. The van der Waals surface area contributed by atoms with E-state index in [2.05, 4.69) is 0 Å². The van der Waals surface area contributed by atoms with Crippen LogP contribution in [-0.4, -0.2) is 37.1 Å². The Morgan fingerprint density at radius 3 is 2.88 bits per heavy atom. The van der Waals surface area contributed by atoms with Gasteiger partial charge in [-0.15, -0.1) is 0 Å². The van der Waals surface area contributed by atoms with E-state index in [1.54, 1.807) is 12.1 Å². The standard InChI is InChI=1S/C11H11NO4/c1-12-5-6-16-10-7(9(13)11(14)15)3-2-4-8(10)12/h2-4H,5-6H2,1H3,(H,14,15). The van der Waals surface area contributed by atoms with E-state index in [9.17, 15) is 9.59 Å². The number of para-hydroxylation sites is 1. The minimum Gasteiger partial charge on any atom is -0.489 e. The lowest BCUT2D eigenvalue weighted by Gasteiger charge is -2.28. The normalized spacial score (nSPS) is 13.9. The molecule has 1 aliphatic rings. The van der Waals surface area contributed by atoms with Gasteiger partial charge >= 0.3 is 5.97 Å². The highest BCUT2D eigenvalue weighted by Crippen LogP contribution is 2.34. The Morgan fingerprint density at radius 2 is 2.19 bits per heavy atom. The largest absolute Gasteiger partial charge is 0.489 e. The number of likely N-dealkylation sites (N-methyl/N-ethyl adjacent to an activating group) is 1. The third-order valence-electron chi connectivity index (χ3n) is 2.52. The molecule has 0 spiro atoms. The van der Waals surface area contributed by atoms with Crippen LogP contribution in [0.1, 0.15) is 10.4 Å². The lowest BCUT2D eigenvalue weighted by molar-refractivity contribution is -0.131.